The molecule has 180 valence electrons. The number of carbonyl (C=O) groups excluding carboxylic acids is 3. The van der Waals surface area contributed by atoms with Gasteiger partial charge in [0.25, 0.3) is 11.8 Å². The fourth-order valence-corrected chi connectivity index (χ4v) is 3.83. The maximum absolute atomic E-state index is 13.9. The molecule has 3 amide bonds. The predicted molar refractivity (Wildman–Crippen MR) is 123 cm³/mol. The summed E-state index contributed by atoms with van der Waals surface area (Å²) in [6, 6.07) is 17.6. The summed E-state index contributed by atoms with van der Waals surface area (Å²) in [5.41, 5.74) is 1.85. The lowest BCUT2D eigenvalue weighted by molar-refractivity contribution is -0.131. The fourth-order valence-electron chi connectivity index (χ4n) is 3.83. The number of halogens is 3. The minimum atomic E-state index is -1.37. The van der Waals surface area contributed by atoms with E-state index in [1.54, 1.807) is 12.1 Å². The van der Waals surface area contributed by atoms with Gasteiger partial charge in [0, 0.05) is 37.8 Å². The van der Waals surface area contributed by atoms with E-state index in [0.717, 1.165) is 11.1 Å². The maximum Gasteiger partial charge on any atom is 0.257 e. The van der Waals surface area contributed by atoms with E-state index in [9.17, 15) is 27.6 Å². The van der Waals surface area contributed by atoms with Gasteiger partial charge in [0.05, 0.1) is 12.1 Å². The van der Waals surface area contributed by atoms with Crippen LogP contribution in [0.15, 0.2) is 66.7 Å². The summed E-state index contributed by atoms with van der Waals surface area (Å²) in [7, 11) is 0. The highest BCUT2D eigenvalue weighted by atomic mass is 19.2. The number of rotatable bonds is 5. The summed E-state index contributed by atoms with van der Waals surface area (Å²) < 4.78 is 40.4. The van der Waals surface area contributed by atoms with Crippen molar-refractivity contribution in [1.29, 1.82) is 0 Å². The highest BCUT2D eigenvalue weighted by Crippen LogP contribution is 2.19. The topological polar surface area (TPSA) is 69.7 Å². The Balaban J connectivity index is 1.27. The van der Waals surface area contributed by atoms with Crippen molar-refractivity contribution >= 4 is 17.7 Å². The number of hydrogen-bond donors (Lipinski definition) is 1. The maximum atomic E-state index is 13.9. The largest absolute Gasteiger partial charge is 0.343 e. The van der Waals surface area contributed by atoms with Crippen molar-refractivity contribution in [3.8, 4) is 11.1 Å². The Labute approximate surface area is 200 Å². The van der Waals surface area contributed by atoms with Crippen LogP contribution in [0.1, 0.15) is 20.7 Å². The molecule has 1 heterocycles. The van der Waals surface area contributed by atoms with Crippen LogP contribution in [-0.4, -0.2) is 60.2 Å². The summed E-state index contributed by atoms with van der Waals surface area (Å²) in [5, 5.41) is 2.60. The number of amides is 3. The van der Waals surface area contributed by atoms with E-state index in [1.807, 2.05) is 42.5 Å². The molecule has 1 aliphatic rings. The zero-order valence-corrected chi connectivity index (χ0v) is 18.6. The molecular formula is C26H22F3N3O3. The first kappa shape index (κ1) is 24.0. The fraction of sp³-hybridized carbons (Fsp3) is 0.192. The quantitative estimate of drug-likeness (QED) is 0.568. The number of nitrogens with one attached hydrogen (secondary N) is 1. The summed E-state index contributed by atoms with van der Waals surface area (Å²) in [4.78, 5) is 40.2. The number of carbonyl (C=O) groups is 3. The first-order valence-corrected chi connectivity index (χ1v) is 11.0. The molecule has 0 unspecified atom stereocenters. The Kier molecular flexibility index (Phi) is 7.14. The zero-order chi connectivity index (χ0) is 24.9. The van der Waals surface area contributed by atoms with Crippen LogP contribution in [0.25, 0.3) is 11.1 Å². The Morgan fingerprint density at radius 3 is 1.94 bits per heavy atom. The van der Waals surface area contributed by atoms with E-state index in [0.29, 0.717) is 17.7 Å². The molecule has 0 aliphatic carbocycles. The second-order valence-corrected chi connectivity index (χ2v) is 8.05. The van der Waals surface area contributed by atoms with E-state index in [2.05, 4.69) is 5.32 Å². The van der Waals surface area contributed by atoms with Crippen LogP contribution < -0.4 is 5.32 Å². The van der Waals surface area contributed by atoms with Crippen molar-refractivity contribution < 1.29 is 27.6 Å². The average molecular weight is 481 g/mol. The minimum absolute atomic E-state index is 0.0951. The van der Waals surface area contributed by atoms with E-state index in [1.165, 1.54) is 9.80 Å². The van der Waals surface area contributed by atoms with Crippen LogP contribution in [0.2, 0.25) is 0 Å². The molecule has 0 radical (unpaired) electrons. The SMILES string of the molecule is O=C(NCC(=O)N1CCN(C(=O)c2cc(F)c(F)cc2F)CC1)c1ccc(-c2ccccc2)cc1. The third kappa shape index (κ3) is 5.51. The molecule has 0 atom stereocenters. The lowest BCUT2D eigenvalue weighted by Gasteiger charge is -2.35. The van der Waals surface area contributed by atoms with E-state index in [-0.39, 0.29) is 44.5 Å². The van der Waals surface area contributed by atoms with Crippen LogP contribution in [0.3, 0.4) is 0 Å². The Hall–Kier alpha value is -4.14. The highest BCUT2D eigenvalue weighted by molar-refractivity contribution is 5.97. The molecule has 1 N–H and O–H groups in total. The summed E-state index contributed by atoms with van der Waals surface area (Å²) in [6.45, 7) is 0.301. The van der Waals surface area contributed by atoms with Gasteiger partial charge in [-0.2, -0.15) is 0 Å². The molecular weight excluding hydrogens is 459 g/mol. The van der Waals surface area contributed by atoms with Gasteiger partial charge < -0.3 is 15.1 Å². The van der Waals surface area contributed by atoms with Crippen LogP contribution in [0.5, 0.6) is 0 Å². The van der Waals surface area contributed by atoms with Gasteiger partial charge in [-0.3, -0.25) is 14.4 Å². The smallest absolute Gasteiger partial charge is 0.257 e. The van der Waals surface area contributed by atoms with Crippen molar-refractivity contribution in [1.82, 2.24) is 15.1 Å². The third-order valence-corrected chi connectivity index (χ3v) is 5.81. The van der Waals surface area contributed by atoms with Crippen LogP contribution >= 0.6 is 0 Å². The molecule has 0 saturated carbocycles. The van der Waals surface area contributed by atoms with Crippen molar-refractivity contribution in [2.24, 2.45) is 0 Å². The van der Waals surface area contributed by atoms with Crippen LogP contribution in [-0.2, 0) is 4.79 Å². The molecule has 0 spiro atoms. The van der Waals surface area contributed by atoms with E-state index in [4.69, 9.17) is 0 Å². The highest BCUT2D eigenvalue weighted by Gasteiger charge is 2.27. The molecule has 6 nitrogen and oxygen atoms in total. The molecule has 0 aromatic heterocycles. The monoisotopic (exact) mass is 481 g/mol. The predicted octanol–water partition coefficient (Wildman–Crippen LogP) is 3.49. The van der Waals surface area contributed by atoms with Gasteiger partial charge in [0.1, 0.15) is 5.82 Å². The number of nitrogens with zero attached hydrogens (tertiary/aromatic N) is 2. The van der Waals surface area contributed by atoms with Gasteiger partial charge in [-0.25, -0.2) is 13.2 Å². The summed E-state index contributed by atoms with van der Waals surface area (Å²) in [5.74, 6) is -5.32. The molecule has 1 saturated heterocycles. The Morgan fingerprint density at radius 2 is 1.29 bits per heavy atom. The van der Waals surface area contributed by atoms with Crippen molar-refractivity contribution in [3.63, 3.8) is 0 Å². The van der Waals surface area contributed by atoms with Crippen LogP contribution in [0, 0.1) is 17.5 Å². The minimum Gasteiger partial charge on any atom is -0.343 e. The second-order valence-electron chi connectivity index (χ2n) is 8.05. The molecule has 3 aromatic rings. The molecule has 9 heteroatoms. The lowest BCUT2D eigenvalue weighted by atomic mass is 10.0. The van der Waals surface area contributed by atoms with Crippen molar-refractivity contribution in [2.45, 2.75) is 0 Å². The third-order valence-electron chi connectivity index (χ3n) is 5.81. The van der Waals surface area contributed by atoms with Gasteiger partial charge in [-0.15, -0.1) is 0 Å². The van der Waals surface area contributed by atoms with E-state index >= 15 is 0 Å². The zero-order valence-electron chi connectivity index (χ0n) is 18.6. The first-order valence-electron chi connectivity index (χ1n) is 11.0. The van der Waals surface area contributed by atoms with Gasteiger partial charge >= 0.3 is 0 Å². The molecule has 0 bridgehead atoms. The van der Waals surface area contributed by atoms with Crippen LogP contribution in [0.4, 0.5) is 13.2 Å². The Morgan fingerprint density at radius 1 is 0.714 bits per heavy atom. The van der Waals surface area contributed by atoms with Gasteiger partial charge in [-0.1, -0.05) is 42.5 Å². The number of benzene rings is 3. The number of hydrogen-bond acceptors (Lipinski definition) is 3. The number of piperazine rings is 1. The van der Waals surface area contributed by atoms with Gasteiger partial charge in [-0.05, 0) is 29.3 Å². The average Bonchev–Trinajstić information content (AvgIpc) is 2.89. The molecule has 1 aliphatic heterocycles. The Bertz CT molecular complexity index is 1240. The molecule has 35 heavy (non-hydrogen) atoms. The first-order chi connectivity index (χ1) is 16.8. The normalized spacial score (nSPS) is 13.5. The summed E-state index contributed by atoms with van der Waals surface area (Å²) in [6.07, 6.45) is 0. The second kappa shape index (κ2) is 10.4. The van der Waals surface area contributed by atoms with Crippen molar-refractivity contribution in [2.75, 3.05) is 32.7 Å². The molecule has 4 rings (SSSR count). The van der Waals surface area contributed by atoms with Gasteiger partial charge in [0.2, 0.25) is 5.91 Å². The van der Waals surface area contributed by atoms with Gasteiger partial charge in [0.15, 0.2) is 11.6 Å². The molecule has 3 aromatic carbocycles. The summed E-state index contributed by atoms with van der Waals surface area (Å²) >= 11 is 0. The lowest BCUT2D eigenvalue weighted by Crippen LogP contribution is -2.52. The van der Waals surface area contributed by atoms with E-state index < -0.39 is 28.9 Å². The molecule has 1 fully saturated rings. The van der Waals surface area contributed by atoms with Crippen molar-refractivity contribution in [3.05, 3.63) is 95.3 Å². The standard InChI is InChI=1S/C26H22F3N3O3/c27-21-15-23(29)22(28)14-20(21)26(35)32-12-10-31(11-13-32)24(33)16-30-25(34)19-8-6-18(7-9-19)17-4-2-1-3-5-17/h1-9,14-15H,10-13,16H2,(H,30,34).